The van der Waals surface area contributed by atoms with Gasteiger partial charge in [-0.2, -0.15) is 5.10 Å². The van der Waals surface area contributed by atoms with E-state index in [-0.39, 0.29) is 17.7 Å². The van der Waals surface area contributed by atoms with Crippen LogP contribution in [-0.4, -0.2) is 25.8 Å². The first-order chi connectivity index (χ1) is 12.5. The van der Waals surface area contributed by atoms with Gasteiger partial charge in [0.05, 0.1) is 17.9 Å². The van der Waals surface area contributed by atoms with Crippen molar-refractivity contribution in [3.05, 3.63) is 59.4 Å². The Morgan fingerprint density at radius 2 is 2.12 bits per heavy atom. The molecule has 0 aliphatic rings. The Bertz CT molecular complexity index is 882. The highest BCUT2D eigenvalue weighted by Gasteiger charge is 2.20. The van der Waals surface area contributed by atoms with Crippen molar-refractivity contribution in [2.75, 3.05) is 0 Å². The topological polar surface area (TPSA) is 85.8 Å². The molecule has 3 aromatic rings. The van der Waals surface area contributed by atoms with E-state index in [1.54, 1.807) is 23.1 Å². The quantitative estimate of drug-likeness (QED) is 0.735. The molecular weight excluding hydrogens is 330 g/mol. The van der Waals surface area contributed by atoms with Gasteiger partial charge in [-0.25, -0.2) is 9.67 Å². The molecule has 26 heavy (non-hydrogen) atoms. The average Bonchev–Trinajstić information content (AvgIpc) is 3.22. The predicted octanol–water partition coefficient (Wildman–Crippen LogP) is 3.25. The Morgan fingerprint density at radius 1 is 1.31 bits per heavy atom. The van der Waals surface area contributed by atoms with Crippen molar-refractivity contribution in [1.29, 1.82) is 0 Å². The van der Waals surface area contributed by atoms with Gasteiger partial charge in [-0.3, -0.25) is 4.79 Å². The second-order valence-corrected chi connectivity index (χ2v) is 6.76. The number of nitrogens with zero attached hydrogens (tertiary/aromatic N) is 4. The number of amides is 1. The van der Waals surface area contributed by atoms with E-state index >= 15 is 0 Å². The van der Waals surface area contributed by atoms with Crippen molar-refractivity contribution in [3.63, 3.8) is 0 Å². The normalized spacial score (nSPS) is 12.3. The standard InChI is InChI=1S/C19H23N5O2/c1-12(2)9-15-10-17(26-23-15)19(25)22-13(3)16-11-21-24(14(16)4)18-7-5-6-8-20-18/h5-8,10-13H,9H2,1-4H3,(H,22,25)/t13-/m1/s1. The van der Waals surface area contributed by atoms with Crippen LogP contribution in [0.5, 0.6) is 0 Å². The molecule has 0 radical (unpaired) electrons. The maximum Gasteiger partial charge on any atom is 0.290 e. The number of hydrogen-bond donors (Lipinski definition) is 1. The fraction of sp³-hybridized carbons (Fsp3) is 0.368. The Kier molecular flexibility index (Phi) is 5.16. The van der Waals surface area contributed by atoms with E-state index in [9.17, 15) is 4.79 Å². The molecule has 0 fully saturated rings. The van der Waals surface area contributed by atoms with E-state index in [0.29, 0.717) is 5.92 Å². The third-order valence-corrected chi connectivity index (χ3v) is 4.13. The monoisotopic (exact) mass is 353 g/mol. The number of nitrogens with one attached hydrogen (secondary N) is 1. The van der Waals surface area contributed by atoms with Gasteiger partial charge in [0.1, 0.15) is 0 Å². The van der Waals surface area contributed by atoms with Crippen molar-refractivity contribution in [2.24, 2.45) is 5.92 Å². The van der Waals surface area contributed by atoms with Crippen LogP contribution in [0.2, 0.25) is 0 Å². The van der Waals surface area contributed by atoms with E-state index in [1.165, 1.54) is 0 Å². The molecule has 1 N–H and O–H groups in total. The fourth-order valence-corrected chi connectivity index (χ4v) is 2.84. The first kappa shape index (κ1) is 17.8. The van der Waals surface area contributed by atoms with Gasteiger partial charge in [0, 0.05) is 23.5 Å². The fourth-order valence-electron chi connectivity index (χ4n) is 2.84. The summed E-state index contributed by atoms with van der Waals surface area (Å²) in [7, 11) is 0. The molecule has 7 heteroatoms. The largest absolute Gasteiger partial charge is 0.351 e. The van der Waals surface area contributed by atoms with Crippen LogP contribution in [0.3, 0.4) is 0 Å². The minimum atomic E-state index is -0.287. The van der Waals surface area contributed by atoms with Crippen LogP contribution in [0, 0.1) is 12.8 Å². The molecule has 0 aromatic carbocycles. The van der Waals surface area contributed by atoms with Crippen molar-refractivity contribution >= 4 is 5.91 Å². The van der Waals surface area contributed by atoms with Gasteiger partial charge in [-0.1, -0.05) is 25.1 Å². The molecule has 0 aliphatic carbocycles. The summed E-state index contributed by atoms with van der Waals surface area (Å²) in [5.74, 6) is 1.13. The van der Waals surface area contributed by atoms with E-state index < -0.39 is 0 Å². The lowest BCUT2D eigenvalue weighted by molar-refractivity contribution is 0.0902. The first-order valence-corrected chi connectivity index (χ1v) is 8.68. The molecule has 0 aliphatic heterocycles. The second-order valence-electron chi connectivity index (χ2n) is 6.76. The number of carbonyl (C=O) groups excluding carboxylic acids is 1. The summed E-state index contributed by atoms with van der Waals surface area (Å²) in [4.78, 5) is 16.7. The van der Waals surface area contributed by atoms with Crippen molar-refractivity contribution in [1.82, 2.24) is 25.2 Å². The van der Waals surface area contributed by atoms with Crippen LogP contribution in [0.25, 0.3) is 5.82 Å². The Balaban J connectivity index is 1.72. The van der Waals surface area contributed by atoms with Gasteiger partial charge in [0.2, 0.25) is 5.76 Å². The molecule has 0 bridgehead atoms. The Morgan fingerprint density at radius 3 is 2.81 bits per heavy atom. The minimum Gasteiger partial charge on any atom is -0.351 e. The van der Waals surface area contributed by atoms with E-state index in [4.69, 9.17) is 4.52 Å². The molecule has 0 saturated heterocycles. The summed E-state index contributed by atoms with van der Waals surface area (Å²) < 4.78 is 6.93. The lowest BCUT2D eigenvalue weighted by atomic mass is 10.1. The molecule has 1 atom stereocenters. The van der Waals surface area contributed by atoms with Crippen LogP contribution >= 0.6 is 0 Å². The summed E-state index contributed by atoms with van der Waals surface area (Å²) in [5.41, 5.74) is 2.64. The summed E-state index contributed by atoms with van der Waals surface area (Å²) in [5, 5.41) is 11.3. The van der Waals surface area contributed by atoms with Gasteiger partial charge in [0.15, 0.2) is 5.82 Å². The molecule has 1 amide bonds. The summed E-state index contributed by atoms with van der Waals surface area (Å²) >= 11 is 0. The van der Waals surface area contributed by atoms with Crippen LogP contribution in [0.15, 0.2) is 41.2 Å². The van der Waals surface area contributed by atoms with Crippen LogP contribution in [0.1, 0.15) is 54.3 Å². The average molecular weight is 353 g/mol. The third kappa shape index (κ3) is 3.82. The number of rotatable bonds is 6. The molecule has 3 aromatic heterocycles. The van der Waals surface area contributed by atoms with Gasteiger partial charge in [-0.15, -0.1) is 0 Å². The maximum absolute atomic E-state index is 12.4. The van der Waals surface area contributed by atoms with E-state index in [0.717, 1.165) is 29.2 Å². The second kappa shape index (κ2) is 7.51. The Hall–Kier alpha value is -2.96. The SMILES string of the molecule is Cc1c([C@@H](C)NC(=O)c2cc(CC(C)C)no2)cnn1-c1ccccn1. The molecule has 3 heterocycles. The highest BCUT2D eigenvalue weighted by Crippen LogP contribution is 2.20. The van der Waals surface area contributed by atoms with Crippen molar-refractivity contribution in [3.8, 4) is 5.82 Å². The molecule has 136 valence electrons. The Labute approximate surface area is 152 Å². The number of carbonyl (C=O) groups is 1. The van der Waals surface area contributed by atoms with Crippen LogP contribution in [0.4, 0.5) is 0 Å². The maximum atomic E-state index is 12.4. The number of hydrogen-bond acceptors (Lipinski definition) is 5. The number of pyridine rings is 1. The van der Waals surface area contributed by atoms with Crippen LogP contribution < -0.4 is 5.32 Å². The van der Waals surface area contributed by atoms with E-state index in [2.05, 4.69) is 34.4 Å². The van der Waals surface area contributed by atoms with E-state index in [1.807, 2.05) is 32.0 Å². The highest BCUT2D eigenvalue weighted by atomic mass is 16.5. The highest BCUT2D eigenvalue weighted by molar-refractivity contribution is 5.91. The predicted molar refractivity (Wildman–Crippen MR) is 97.0 cm³/mol. The first-order valence-electron chi connectivity index (χ1n) is 8.68. The van der Waals surface area contributed by atoms with Crippen LogP contribution in [-0.2, 0) is 6.42 Å². The molecule has 0 unspecified atom stereocenters. The lowest BCUT2D eigenvalue weighted by Gasteiger charge is -2.12. The van der Waals surface area contributed by atoms with Crippen molar-refractivity contribution in [2.45, 2.75) is 40.2 Å². The van der Waals surface area contributed by atoms with Gasteiger partial charge < -0.3 is 9.84 Å². The molecule has 7 nitrogen and oxygen atoms in total. The van der Waals surface area contributed by atoms with Gasteiger partial charge >= 0.3 is 0 Å². The van der Waals surface area contributed by atoms with Crippen molar-refractivity contribution < 1.29 is 9.32 Å². The number of aromatic nitrogens is 4. The third-order valence-electron chi connectivity index (χ3n) is 4.13. The zero-order chi connectivity index (χ0) is 18.7. The van der Waals surface area contributed by atoms with Gasteiger partial charge in [-0.05, 0) is 38.3 Å². The molecule has 0 saturated carbocycles. The summed E-state index contributed by atoms with van der Waals surface area (Å²) in [6.45, 7) is 8.06. The molecule has 3 rings (SSSR count). The zero-order valence-electron chi connectivity index (χ0n) is 15.4. The molecular formula is C19H23N5O2. The molecule has 0 spiro atoms. The van der Waals surface area contributed by atoms with Gasteiger partial charge in [0.25, 0.3) is 5.91 Å². The summed E-state index contributed by atoms with van der Waals surface area (Å²) in [6.07, 6.45) is 4.25. The smallest absolute Gasteiger partial charge is 0.290 e. The zero-order valence-corrected chi connectivity index (χ0v) is 15.4. The lowest BCUT2D eigenvalue weighted by Crippen LogP contribution is -2.26. The summed E-state index contributed by atoms with van der Waals surface area (Å²) in [6, 6.07) is 7.13. The minimum absolute atomic E-state index is 0.224.